The van der Waals surface area contributed by atoms with Crippen molar-refractivity contribution in [1.82, 2.24) is 5.32 Å². The number of hydrogen-bond donors (Lipinski definition) is 1. The van der Waals surface area contributed by atoms with Gasteiger partial charge >= 0.3 is 0 Å². The molecular weight excluding hydrogens is 230 g/mol. The van der Waals surface area contributed by atoms with Crippen LogP contribution < -0.4 is 5.32 Å². The molecule has 1 N–H and O–H groups in total. The Hall–Kier alpha value is -1.50. The maximum atomic E-state index is 3.51. The molecule has 0 aromatic heterocycles. The van der Waals surface area contributed by atoms with Gasteiger partial charge in [0.2, 0.25) is 0 Å². The van der Waals surface area contributed by atoms with Crippen LogP contribution in [0.1, 0.15) is 40.5 Å². The van der Waals surface area contributed by atoms with Crippen LogP contribution in [0, 0.1) is 5.41 Å². The summed E-state index contributed by atoms with van der Waals surface area (Å²) in [7, 11) is 0. The Morgan fingerprint density at radius 2 is 2.11 bits per heavy atom. The maximum Gasteiger partial charge on any atom is 0.0383 e. The molecule has 0 aromatic carbocycles. The fourth-order valence-electron chi connectivity index (χ4n) is 2.08. The van der Waals surface area contributed by atoms with Crippen LogP contribution in [0.2, 0.25) is 0 Å². The van der Waals surface area contributed by atoms with Gasteiger partial charge in [0.1, 0.15) is 0 Å². The van der Waals surface area contributed by atoms with Crippen LogP contribution in [0.15, 0.2) is 59.9 Å². The lowest BCUT2D eigenvalue weighted by Gasteiger charge is -2.24. The van der Waals surface area contributed by atoms with E-state index < -0.39 is 0 Å². The Kier molecular flexibility index (Phi) is 6.41. The largest absolute Gasteiger partial charge is 0.381 e. The Morgan fingerprint density at radius 3 is 2.68 bits per heavy atom. The lowest BCUT2D eigenvalue weighted by Crippen LogP contribution is -2.21. The highest BCUT2D eigenvalue weighted by molar-refractivity contribution is 5.46. The summed E-state index contributed by atoms with van der Waals surface area (Å²) in [4.78, 5) is 0. The number of hydrogen-bond acceptors (Lipinski definition) is 1. The average Bonchev–Trinajstić information content (AvgIpc) is 2.72. The van der Waals surface area contributed by atoms with Crippen LogP contribution in [0.5, 0.6) is 0 Å². The molecular formula is C18H27N. The number of allylic oxidation sites excluding steroid dienone is 8. The molecule has 0 amide bonds. The first-order valence-electron chi connectivity index (χ1n) is 7.24. The summed E-state index contributed by atoms with van der Waals surface area (Å²) in [5.74, 6) is 0. The van der Waals surface area contributed by atoms with E-state index in [0.717, 1.165) is 13.0 Å². The summed E-state index contributed by atoms with van der Waals surface area (Å²) in [6.07, 6.45) is 19.7. The molecule has 1 aliphatic carbocycles. The van der Waals surface area contributed by atoms with Gasteiger partial charge in [-0.15, -0.1) is 0 Å². The van der Waals surface area contributed by atoms with Crippen molar-refractivity contribution in [2.75, 3.05) is 6.54 Å². The molecule has 1 nitrogen and oxygen atoms in total. The normalized spacial score (nSPS) is 18.5. The third kappa shape index (κ3) is 4.94. The third-order valence-corrected chi connectivity index (χ3v) is 3.26. The van der Waals surface area contributed by atoms with Crippen molar-refractivity contribution in [3.8, 4) is 0 Å². The smallest absolute Gasteiger partial charge is 0.0383 e. The van der Waals surface area contributed by atoms with Gasteiger partial charge in [0.15, 0.2) is 0 Å². The number of nitrogens with one attached hydrogen (secondary N) is 1. The first kappa shape index (κ1) is 15.6. The Bertz CT molecular complexity index is 417. The van der Waals surface area contributed by atoms with Crippen molar-refractivity contribution in [2.24, 2.45) is 5.41 Å². The molecule has 0 bridgehead atoms. The Balaban J connectivity index is 2.81. The zero-order valence-corrected chi connectivity index (χ0v) is 12.7. The number of rotatable bonds is 7. The Labute approximate surface area is 118 Å². The lowest BCUT2D eigenvalue weighted by atomic mass is 9.85. The minimum absolute atomic E-state index is 0.118. The van der Waals surface area contributed by atoms with Gasteiger partial charge in [-0.25, -0.2) is 0 Å². The first-order valence-corrected chi connectivity index (χ1v) is 7.24. The molecule has 0 fully saturated rings. The lowest BCUT2D eigenvalue weighted by molar-refractivity contribution is 0.586. The third-order valence-electron chi connectivity index (χ3n) is 3.26. The monoisotopic (exact) mass is 257 g/mol. The molecule has 0 heterocycles. The highest BCUT2D eigenvalue weighted by atomic mass is 14.9. The minimum atomic E-state index is 0.118. The highest BCUT2D eigenvalue weighted by Crippen LogP contribution is 2.36. The predicted octanol–water partition coefficient (Wildman–Crippen LogP) is 4.91. The van der Waals surface area contributed by atoms with Crippen molar-refractivity contribution in [1.29, 1.82) is 0 Å². The van der Waals surface area contributed by atoms with Crippen molar-refractivity contribution in [3.05, 3.63) is 59.9 Å². The fourth-order valence-corrected chi connectivity index (χ4v) is 2.08. The summed E-state index contributed by atoms with van der Waals surface area (Å²) in [6.45, 7) is 9.63. The van der Waals surface area contributed by atoms with Crippen LogP contribution in [-0.2, 0) is 0 Å². The van der Waals surface area contributed by atoms with Crippen LogP contribution in [-0.4, -0.2) is 6.54 Å². The molecule has 0 aromatic rings. The highest BCUT2D eigenvalue weighted by Gasteiger charge is 2.25. The molecule has 0 unspecified atom stereocenters. The van der Waals surface area contributed by atoms with Gasteiger partial charge in [0.25, 0.3) is 0 Å². The van der Waals surface area contributed by atoms with E-state index >= 15 is 0 Å². The van der Waals surface area contributed by atoms with Gasteiger partial charge in [-0.05, 0) is 25.0 Å². The van der Waals surface area contributed by atoms with Crippen LogP contribution in [0.3, 0.4) is 0 Å². The topological polar surface area (TPSA) is 12.0 Å². The van der Waals surface area contributed by atoms with Crippen molar-refractivity contribution >= 4 is 0 Å². The van der Waals surface area contributed by atoms with Gasteiger partial charge in [-0.1, -0.05) is 69.7 Å². The molecule has 1 heteroatoms. The first-order chi connectivity index (χ1) is 9.11. The molecule has 0 saturated heterocycles. The van der Waals surface area contributed by atoms with Gasteiger partial charge in [-0.2, -0.15) is 0 Å². The molecule has 1 rings (SSSR count). The van der Waals surface area contributed by atoms with Crippen LogP contribution in [0.4, 0.5) is 0 Å². The molecule has 0 atom stereocenters. The van der Waals surface area contributed by atoms with E-state index in [0.29, 0.717) is 0 Å². The van der Waals surface area contributed by atoms with E-state index in [-0.39, 0.29) is 5.41 Å². The second kappa shape index (κ2) is 7.83. The van der Waals surface area contributed by atoms with E-state index in [4.69, 9.17) is 0 Å². The van der Waals surface area contributed by atoms with Gasteiger partial charge in [0.05, 0.1) is 0 Å². The molecule has 0 spiro atoms. The molecule has 19 heavy (non-hydrogen) atoms. The standard InChI is InChI=1S/C18H27N/c1-5-7-9-10-13-17(19-15-8-6-2)16-12-11-14-18(16,3)4/h6,8-14,19H,5,7,15H2,1-4H3/b8-6?,10-9-,17-13-. The van der Waals surface area contributed by atoms with Crippen molar-refractivity contribution in [3.63, 3.8) is 0 Å². The molecule has 0 saturated carbocycles. The predicted molar refractivity (Wildman–Crippen MR) is 86.0 cm³/mol. The summed E-state index contributed by atoms with van der Waals surface area (Å²) >= 11 is 0. The summed E-state index contributed by atoms with van der Waals surface area (Å²) in [6, 6.07) is 0. The average molecular weight is 257 g/mol. The molecule has 0 aliphatic heterocycles. The van der Waals surface area contributed by atoms with Crippen molar-refractivity contribution < 1.29 is 0 Å². The minimum Gasteiger partial charge on any atom is -0.381 e. The van der Waals surface area contributed by atoms with E-state index in [2.05, 4.69) is 74.7 Å². The summed E-state index contributed by atoms with van der Waals surface area (Å²) in [5, 5.41) is 3.51. The molecule has 104 valence electrons. The van der Waals surface area contributed by atoms with Gasteiger partial charge < -0.3 is 5.32 Å². The van der Waals surface area contributed by atoms with Crippen LogP contribution >= 0.6 is 0 Å². The summed E-state index contributed by atoms with van der Waals surface area (Å²) < 4.78 is 0. The summed E-state index contributed by atoms with van der Waals surface area (Å²) in [5.41, 5.74) is 2.70. The van der Waals surface area contributed by atoms with E-state index in [1.54, 1.807) is 0 Å². The zero-order chi connectivity index (χ0) is 14.1. The quantitative estimate of drug-likeness (QED) is 0.504. The molecule has 0 radical (unpaired) electrons. The zero-order valence-electron chi connectivity index (χ0n) is 12.7. The Morgan fingerprint density at radius 1 is 1.32 bits per heavy atom. The SMILES string of the molecule is CC=CCN/C(=C\C=C/CCC)C1=CC=CC1(C)C. The van der Waals surface area contributed by atoms with E-state index in [1.807, 2.05) is 6.92 Å². The fraction of sp³-hybridized carbons (Fsp3) is 0.444. The second-order valence-electron chi connectivity index (χ2n) is 5.41. The van der Waals surface area contributed by atoms with Crippen molar-refractivity contribution in [2.45, 2.75) is 40.5 Å². The second-order valence-corrected chi connectivity index (χ2v) is 5.41. The van der Waals surface area contributed by atoms with Gasteiger partial charge in [-0.3, -0.25) is 0 Å². The number of unbranched alkanes of at least 4 members (excludes halogenated alkanes) is 1. The van der Waals surface area contributed by atoms with E-state index in [9.17, 15) is 0 Å². The maximum absolute atomic E-state index is 3.51. The van der Waals surface area contributed by atoms with E-state index in [1.165, 1.54) is 17.7 Å². The molecule has 1 aliphatic rings. The van der Waals surface area contributed by atoms with Crippen LogP contribution in [0.25, 0.3) is 0 Å². The van der Waals surface area contributed by atoms with Gasteiger partial charge in [0, 0.05) is 17.7 Å².